The number of hydrazine groups is 1. The number of carbonyl (C=O) groups is 6. The van der Waals surface area contributed by atoms with Crippen LogP contribution >= 0.6 is 0 Å². The van der Waals surface area contributed by atoms with Gasteiger partial charge in [-0.25, -0.2) is 14.2 Å². The maximum Gasteiger partial charge on any atom is 0.416 e. The van der Waals surface area contributed by atoms with Crippen molar-refractivity contribution in [3.63, 3.8) is 0 Å². The quantitative estimate of drug-likeness (QED) is 0.0434. The van der Waals surface area contributed by atoms with Crippen LogP contribution in [0.4, 0.5) is 46.5 Å². The van der Waals surface area contributed by atoms with E-state index in [9.17, 15) is 55.1 Å². The predicted octanol–water partition coefficient (Wildman–Crippen LogP) is 9.28. The lowest BCUT2D eigenvalue weighted by atomic mass is 9.88. The molecule has 1 aliphatic heterocycles. The topological polar surface area (TPSA) is 222 Å². The van der Waals surface area contributed by atoms with Crippen molar-refractivity contribution in [3.05, 3.63) is 94.1 Å². The van der Waals surface area contributed by atoms with Crippen molar-refractivity contribution in [1.29, 1.82) is 0 Å². The van der Waals surface area contributed by atoms with E-state index >= 15 is 8.78 Å². The Kier molecular flexibility index (Phi) is 17.3. The monoisotopic (exact) mass is 1140 g/mol. The molecule has 4 aromatic rings. The van der Waals surface area contributed by atoms with Gasteiger partial charge in [-0.05, 0) is 175 Å². The van der Waals surface area contributed by atoms with Gasteiger partial charge in [0.15, 0.2) is 0 Å². The summed E-state index contributed by atoms with van der Waals surface area (Å²) in [5, 5.41) is 21.8. The van der Waals surface area contributed by atoms with Gasteiger partial charge in [0.1, 0.15) is 47.8 Å². The van der Waals surface area contributed by atoms with Crippen LogP contribution in [0.1, 0.15) is 165 Å². The highest BCUT2D eigenvalue weighted by Gasteiger charge is 2.51. The molecule has 6 aliphatic rings. The van der Waals surface area contributed by atoms with Crippen LogP contribution in [-0.2, 0) is 25.4 Å². The molecule has 0 bridgehead atoms. The fraction of sp³-hybridized carbons (Fsp3) is 0.571. The molecule has 17 nitrogen and oxygen atoms in total. The van der Waals surface area contributed by atoms with E-state index < -0.39 is 94.9 Å². The predicted molar refractivity (Wildman–Crippen MR) is 277 cm³/mol. The smallest absolute Gasteiger partial charge is 0.364 e. The summed E-state index contributed by atoms with van der Waals surface area (Å²) in [4.78, 5) is 78.6. The summed E-state index contributed by atoms with van der Waals surface area (Å²) in [5.41, 5.74) is 1.36. The molecular weight excluding hydrogens is 1080 g/mol. The molecule has 2 aromatic carbocycles. The van der Waals surface area contributed by atoms with Crippen LogP contribution in [0, 0.1) is 47.1 Å². The number of nitrogens with zero attached hydrogens (tertiary/aromatic N) is 4. The SMILES string of the molecule is CC(C(=O)N1CCCN1)c1ccc(NC(=O)C(NC(=O)c2ccnn2C(C)C)C(C2CC2)C2CC2)c(F)c1.CC(C(=O)NCC(F)(F)F)c1cc(F)c(NC(=O)C(NC(=O)c2conc2C2CC2)C(C2CC2)C2CC2)cc1C(F)(F)F. The third kappa shape index (κ3) is 14.4. The number of nitrogens with one attached hydrogen (secondary N) is 6. The molecule has 4 atom stereocenters. The molecule has 6 N–H and O–H groups in total. The molecule has 438 valence electrons. The normalized spacial score (nSPS) is 18.9. The third-order valence-electron chi connectivity index (χ3n) is 16.0. The van der Waals surface area contributed by atoms with Crippen LogP contribution in [0.2, 0.25) is 0 Å². The second-order valence-corrected chi connectivity index (χ2v) is 22.7. The molecule has 1 saturated heterocycles. The molecule has 5 saturated carbocycles. The van der Waals surface area contributed by atoms with Gasteiger partial charge in [0, 0.05) is 31.2 Å². The minimum Gasteiger partial charge on any atom is -0.364 e. The average molecular weight is 1140 g/mol. The lowest BCUT2D eigenvalue weighted by molar-refractivity contribution is -0.141. The van der Waals surface area contributed by atoms with Crippen LogP contribution in [0.25, 0.3) is 0 Å². The van der Waals surface area contributed by atoms with Crippen molar-refractivity contribution >= 4 is 46.8 Å². The molecule has 0 radical (unpaired) electrons. The Labute approximate surface area is 461 Å². The first-order valence-corrected chi connectivity index (χ1v) is 27.7. The number of alkyl halides is 6. The maximum absolute atomic E-state index is 15.2. The number of hydrogen-bond donors (Lipinski definition) is 6. The summed E-state index contributed by atoms with van der Waals surface area (Å²) in [6.07, 6.45) is 2.67. The lowest BCUT2D eigenvalue weighted by Gasteiger charge is -2.28. The molecule has 6 fully saturated rings. The van der Waals surface area contributed by atoms with Crippen molar-refractivity contribution in [3.8, 4) is 0 Å². The summed E-state index contributed by atoms with van der Waals surface area (Å²) in [6.45, 7) is 6.14. The van der Waals surface area contributed by atoms with Crippen molar-refractivity contribution in [1.82, 2.24) is 41.3 Å². The Morgan fingerprint density at radius 2 is 1.27 bits per heavy atom. The Morgan fingerprint density at radius 3 is 1.78 bits per heavy atom. The van der Waals surface area contributed by atoms with Crippen LogP contribution in [0.15, 0.2) is 53.4 Å². The summed E-state index contributed by atoms with van der Waals surface area (Å²) >= 11 is 0. The number of hydrogen-bond acceptors (Lipinski definition) is 10. The highest BCUT2D eigenvalue weighted by atomic mass is 19.4. The van der Waals surface area contributed by atoms with Crippen molar-refractivity contribution in [2.75, 3.05) is 30.3 Å². The van der Waals surface area contributed by atoms with Gasteiger partial charge in [0.25, 0.3) is 11.8 Å². The van der Waals surface area contributed by atoms with E-state index in [2.05, 4.69) is 36.9 Å². The largest absolute Gasteiger partial charge is 0.416 e. The van der Waals surface area contributed by atoms with E-state index in [-0.39, 0.29) is 58.7 Å². The highest BCUT2D eigenvalue weighted by molar-refractivity contribution is 6.03. The number of rotatable bonds is 21. The number of anilines is 2. The van der Waals surface area contributed by atoms with E-state index in [0.29, 0.717) is 47.5 Å². The Balaban J connectivity index is 0.000000197. The van der Waals surface area contributed by atoms with Crippen molar-refractivity contribution in [2.24, 2.45) is 35.5 Å². The summed E-state index contributed by atoms with van der Waals surface area (Å²) in [6, 6.07) is 4.82. The molecule has 0 spiro atoms. The second kappa shape index (κ2) is 23.9. The molecule has 6 amide bonds. The number of benzene rings is 2. The fourth-order valence-electron chi connectivity index (χ4n) is 11.0. The zero-order valence-electron chi connectivity index (χ0n) is 45.1. The zero-order chi connectivity index (χ0) is 58.2. The number of carbonyl (C=O) groups excluding carboxylic acids is 6. The Hall–Kier alpha value is -6.92. The maximum atomic E-state index is 15.2. The van der Waals surface area contributed by atoms with E-state index in [1.807, 2.05) is 13.8 Å². The molecule has 5 aliphatic carbocycles. The Morgan fingerprint density at radius 1 is 0.704 bits per heavy atom. The van der Waals surface area contributed by atoms with Gasteiger partial charge < -0.3 is 31.1 Å². The van der Waals surface area contributed by atoms with Crippen molar-refractivity contribution < 1.29 is 68.4 Å². The molecular formula is C56H66F8N10O7. The minimum absolute atomic E-state index is 0.0104. The molecule has 3 heterocycles. The van der Waals surface area contributed by atoms with E-state index in [1.54, 1.807) is 34.9 Å². The first kappa shape index (κ1) is 58.7. The zero-order valence-corrected chi connectivity index (χ0v) is 45.1. The van der Waals surface area contributed by atoms with E-state index in [1.165, 1.54) is 23.7 Å². The molecule has 81 heavy (non-hydrogen) atoms. The van der Waals surface area contributed by atoms with Crippen LogP contribution in [0.5, 0.6) is 0 Å². The van der Waals surface area contributed by atoms with Gasteiger partial charge in [-0.2, -0.15) is 31.4 Å². The number of aromatic nitrogens is 3. The number of amides is 6. The summed E-state index contributed by atoms with van der Waals surface area (Å²) in [7, 11) is 0. The van der Waals surface area contributed by atoms with Crippen molar-refractivity contribution in [2.45, 2.75) is 147 Å². The molecule has 25 heteroatoms. The molecule has 2 aromatic heterocycles. The van der Waals surface area contributed by atoms with Gasteiger partial charge >= 0.3 is 12.4 Å². The molecule has 10 rings (SSSR count). The fourth-order valence-corrected chi connectivity index (χ4v) is 11.0. The highest BCUT2D eigenvalue weighted by Crippen LogP contribution is 2.52. The lowest BCUT2D eigenvalue weighted by Crippen LogP contribution is -2.50. The van der Waals surface area contributed by atoms with Crippen LogP contribution < -0.4 is 32.0 Å². The molecule has 4 unspecified atom stereocenters. The van der Waals surface area contributed by atoms with E-state index in [4.69, 9.17) is 4.52 Å². The standard InChI is InChI=1S/C28H29F7N4O4.C28H37FN6O3/c1-12(24(40)36-11-27(30,31)32)16-8-19(29)20(9-18(16)28(33,34)35)37-26(42)23(21(13-2-3-13)14-4-5-14)38-25(41)17-10-43-39-22(17)15-6-7-15;1-16(2)35-23(11-13-31-35)26(36)33-25(24(18-5-6-18)19-7-8-19)27(37)32-22-10-9-20(15-21(22)29)17(3)28(38)34-14-4-12-30-34/h8-10,12-15,21,23H,2-7,11H2,1H3,(H,36,40)(H,37,42)(H,38,41);9-11,13,15-19,24-25,30H,4-8,12,14H2,1-3H3,(H,32,37)(H,33,36). The second-order valence-electron chi connectivity index (χ2n) is 22.7. The number of halogens is 8. The summed E-state index contributed by atoms with van der Waals surface area (Å²) < 4.78 is 117. The van der Waals surface area contributed by atoms with Gasteiger partial charge in [-0.3, -0.25) is 38.5 Å². The van der Waals surface area contributed by atoms with Gasteiger partial charge in [0.2, 0.25) is 23.6 Å². The van der Waals surface area contributed by atoms with Gasteiger partial charge in [-0.15, -0.1) is 0 Å². The first-order chi connectivity index (χ1) is 38.4. The van der Waals surface area contributed by atoms with E-state index in [0.717, 1.165) is 84.1 Å². The van der Waals surface area contributed by atoms with Crippen LogP contribution in [-0.4, -0.2) is 93.3 Å². The minimum atomic E-state index is -5.15. The summed E-state index contributed by atoms with van der Waals surface area (Å²) in [5.74, 6) is -7.40. The first-order valence-electron chi connectivity index (χ1n) is 27.7. The Bertz CT molecular complexity index is 2970. The third-order valence-corrected chi connectivity index (χ3v) is 16.0. The average Bonchev–Trinajstić information content (AvgIpc) is 4.19. The van der Waals surface area contributed by atoms with Gasteiger partial charge in [0.05, 0.1) is 34.5 Å². The van der Waals surface area contributed by atoms with Gasteiger partial charge in [-0.1, -0.05) is 11.2 Å². The van der Waals surface area contributed by atoms with Crippen LogP contribution in [0.3, 0.4) is 0 Å².